The number of amides is 3. The highest BCUT2D eigenvalue weighted by molar-refractivity contribution is 5.96. The average Bonchev–Trinajstić information content (AvgIpc) is 3.44. The number of hydrogen-bond acceptors (Lipinski definition) is 7. The van der Waals surface area contributed by atoms with Crippen LogP contribution in [0, 0.1) is 11.6 Å². The maximum absolute atomic E-state index is 14.1. The van der Waals surface area contributed by atoms with Crippen molar-refractivity contribution < 1.29 is 32.6 Å². The Morgan fingerprint density at radius 1 is 1.11 bits per heavy atom. The van der Waals surface area contributed by atoms with E-state index in [1.54, 1.807) is 44.4 Å². The van der Waals surface area contributed by atoms with Crippen molar-refractivity contribution in [1.29, 1.82) is 0 Å². The maximum atomic E-state index is 14.1. The number of imidazole rings is 1. The van der Waals surface area contributed by atoms with Crippen molar-refractivity contribution in [3.63, 3.8) is 0 Å². The Morgan fingerprint density at radius 3 is 2.61 bits per heavy atom. The molecule has 0 spiro atoms. The highest BCUT2D eigenvalue weighted by Crippen LogP contribution is 2.25. The summed E-state index contributed by atoms with van der Waals surface area (Å²) in [4.78, 5) is 60.9. The fourth-order valence-electron chi connectivity index (χ4n) is 4.54. The minimum Gasteiger partial charge on any atom is -0.486 e. The Morgan fingerprint density at radius 2 is 1.89 bits per heavy atom. The molecule has 0 radical (unpaired) electrons. The molecule has 4 aromatic rings. The normalized spacial score (nSPS) is 11.8. The number of nitrogens with one attached hydrogen (secondary N) is 2. The van der Waals surface area contributed by atoms with E-state index in [0.29, 0.717) is 29.0 Å². The van der Waals surface area contributed by atoms with E-state index in [1.807, 2.05) is 0 Å². The Labute approximate surface area is 263 Å². The van der Waals surface area contributed by atoms with Crippen molar-refractivity contribution in [3.8, 4) is 5.75 Å². The van der Waals surface area contributed by atoms with Crippen molar-refractivity contribution in [1.82, 2.24) is 24.3 Å². The summed E-state index contributed by atoms with van der Waals surface area (Å²) in [6, 6.07) is 10.4. The second-order valence-electron chi connectivity index (χ2n) is 10.5. The SMILES string of the molecule is COC(=O)N(C)C(CC/C=C/C(=O)N(C)C)C(=O)Nc1cccn(Cc2nc3c(OCc4ccc(F)cc4F)cccc3[nH]2)c1=O. The smallest absolute Gasteiger partial charge is 0.409 e. The number of rotatable bonds is 12. The summed E-state index contributed by atoms with van der Waals surface area (Å²) in [7, 11) is 5.82. The molecule has 46 heavy (non-hydrogen) atoms. The second kappa shape index (κ2) is 15.0. The van der Waals surface area contributed by atoms with Gasteiger partial charge in [-0.25, -0.2) is 18.6 Å². The number of methoxy groups -OCH3 is 1. The van der Waals surface area contributed by atoms with E-state index >= 15 is 0 Å². The lowest BCUT2D eigenvalue weighted by atomic mass is 10.1. The van der Waals surface area contributed by atoms with Gasteiger partial charge in [0, 0.05) is 39.0 Å². The topological polar surface area (TPSA) is 139 Å². The van der Waals surface area contributed by atoms with Crippen LogP contribution in [-0.2, 0) is 27.5 Å². The molecule has 0 saturated heterocycles. The van der Waals surface area contributed by atoms with Crippen LogP contribution in [0.5, 0.6) is 5.75 Å². The first-order valence-corrected chi connectivity index (χ1v) is 14.2. The number of carbonyl (C=O) groups is 3. The lowest BCUT2D eigenvalue weighted by Gasteiger charge is -2.25. The molecule has 2 heterocycles. The van der Waals surface area contributed by atoms with Crippen LogP contribution in [-0.4, -0.2) is 76.5 Å². The first-order valence-electron chi connectivity index (χ1n) is 14.2. The molecule has 2 aromatic carbocycles. The van der Waals surface area contributed by atoms with Crippen molar-refractivity contribution in [2.24, 2.45) is 0 Å². The molecule has 0 saturated carbocycles. The Bertz CT molecular complexity index is 1820. The van der Waals surface area contributed by atoms with Gasteiger partial charge in [0.05, 0.1) is 19.2 Å². The lowest BCUT2D eigenvalue weighted by molar-refractivity contribution is -0.123. The first-order chi connectivity index (χ1) is 22.0. The molecule has 14 heteroatoms. The van der Waals surface area contributed by atoms with E-state index in [-0.39, 0.29) is 36.7 Å². The summed E-state index contributed by atoms with van der Waals surface area (Å²) in [5, 5.41) is 2.61. The number of likely N-dealkylation sites (N-methyl/N-ethyl adjacent to an activating group) is 2. The Kier molecular flexibility index (Phi) is 10.9. The van der Waals surface area contributed by atoms with E-state index in [4.69, 9.17) is 9.47 Å². The fourth-order valence-corrected chi connectivity index (χ4v) is 4.54. The molecule has 4 rings (SSSR count). The number of H-pyrrole nitrogens is 1. The summed E-state index contributed by atoms with van der Waals surface area (Å²) < 4.78 is 39.2. The number of nitrogens with zero attached hydrogens (tertiary/aromatic N) is 4. The third kappa shape index (κ3) is 8.14. The van der Waals surface area contributed by atoms with Crippen molar-refractivity contribution in [2.45, 2.75) is 32.0 Å². The van der Waals surface area contributed by atoms with Crippen molar-refractivity contribution >= 4 is 34.6 Å². The second-order valence-corrected chi connectivity index (χ2v) is 10.5. The van der Waals surface area contributed by atoms with Crippen molar-refractivity contribution in [2.75, 3.05) is 33.6 Å². The Hall–Kier alpha value is -5.53. The molecular weight excluding hydrogens is 602 g/mol. The van der Waals surface area contributed by atoms with Gasteiger partial charge in [-0.1, -0.05) is 12.1 Å². The van der Waals surface area contributed by atoms with Crippen LogP contribution in [0.4, 0.5) is 19.3 Å². The predicted octanol–water partition coefficient (Wildman–Crippen LogP) is 4.06. The third-order valence-corrected chi connectivity index (χ3v) is 7.06. The average molecular weight is 637 g/mol. The predicted molar refractivity (Wildman–Crippen MR) is 166 cm³/mol. The molecule has 0 aliphatic rings. The Balaban J connectivity index is 1.49. The summed E-state index contributed by atoms with van der Waals surface area (Å²) in [5.41, 5.74) is 0.703. The van der Waals surface area contributed by atoms with Gasteiger partial charge < -0.3 is 29.2 Å². The molecule has 2 N–H and O–H groups in total. The molecule has 0 bridgehead atoms. The van der Waals surface area contributed by atoms with Crippen LogP contribution in [0.1, 0.15) is 24.2 Å². The molecular formula is C32H34F2N6O6. The molecule has 2 aromatic heterocycles. The highest BCUT2D eigenvalue weighted by atomic mass is 19.1. The summed E-state index contributed by atoms with van der Waals surface area (Å²) >= 11 is 0. The largest absolute Gasteiger partial charge is 0.486 e. The van der Waals surface area contributed by atoms with Crippen LogP contribution < -0.4 is 15.6 Å². The number of benzene rings is 2. The van der Waals surface area contributed by atoms with Crippen LogP contribution in [0.2, 0.25) is 0 Å². The maximum Gasteiger partial charge on any atom is 0.409 e. The molecule has 0 fully saturated rings. The first kappa shape index (κ1) is 33.4. The van der Waals surface area contributed by atoms with Gasteiger partial charge in [0.1, 0.15) is 47.1 Å². The summed E-state index contributed by atoms with van der Waals surface area (Å²) in [6.07, 6.45) is 4.23. The molecule has 0 aliphatic heterocycles. The van der Waals surface area contributed by atoms with Gasteiger partial charge in [0.2, 0.25) is 11.8 Å². The third-order valence-electron chi connectivity index (χ3n) is 7.06. The number of hydrogen-bond donors (Lipinski definition) is 2. The zero-order chi connectivity index (χ0) is 33.4. The minimum absolute atomic E-state index is 0.0133. The zero-order valence-corrected chi connectivity index (χ0v) is 25.8. The standard InChI is InChI=1S/C32H34F2N6O6/c1-38(2)28(41)13-6-5-11-25(39(3)32(44)45-4)30(42)36-24-10-8-16-40(31(24)43)18-27-35-23-9-7-12-26(29(23)37-27)46-19-20-14-15-21(33)17-22(20)34/h6-10,12-17,25H,5,11,18-19H2,1-4H3,(H,35,37)(H,36,42)/b13-6+. The van der Waals surface area contributed by atoms with E-state index < -0.39 is 35.2 Å². The lowest BCUT2D eigenvalue weighted by Crippen LogP contribution is -2.45. The van der Waals surface area contributed by atoms with Gasteiger partial charge in [-0.3, -0.25) is 19.3 Å². The van der Waals surface area contributed by atoms with E-state index in [1.165, 1.54) is 48.0 Å². The molecule has 3 amide bonds. The van der Waals surface area contributed by atoms with Gasteiger partial charge in [0.25, 0.3) is 5.56 Å². The van der Waals surface area contributed by atoms with E-state index in [9.17, 15) is 28.0 Å². The number of anilines is 1. The highest BCUT2D eigenvalue weighted by Gasteiger charge is 2.28. The number of aromatic nitrogens is 3. The number of aromatic amines is 1. The fraction of sp³-hybridized carbons (Fsp3) is 0.281. The number of fused-ring (bicyclic) bond motifs is 1. The summed E-state index contributed by atoms with van der Waals surface area (Å²) in [6.45, 7) is -0.134. The van der Waals surface area contributed by atoms with Gasteiger partial charge in [0.15, 0.2) is 0 Å². The van der Waals surface area contributed by atoms with Gasteiger partial charge >= 0.3 is 6.09 Å². The molecule has 1 atom stereocenters. The quantitative estimate of drug-likeness (QED) is 0.224. The molecule has 242 valence electrons. The van der Waals surface area contributed by atoms with Crippen LogP contribution in [0.15, 0.2) is 71.7 Å². The van der Waals surface area contributed by atoms with Crippen LogP contribution in [0.3, 0.4) is 0 Å². The summed E-state index contributed by atoms with van der Waals surface area (Å²) in [5.74, 6) is -1.47. The van der Waals surface area contributed by atoms with Gasteiger partial charge in [-0.15, -0.1) is 0 Å². The molecule has 0 aliphatic carbocycles. The van der Waals surface area contributed by atoms with Crippen LogP contribution in [0.25, 0.3) is 11.0 Å². The number of ether oxygens (including phenoxy) is 2. The number of pyridine rings is 1. The number of para-hydroxylation sites is 1. The number of carbonyl (C=O) groups excluding carboxylic acids is 3. The molecule has 12 nitrogen and oxygen atoms in total. The monoisotopic (exact) mass is 636 g/mol. The number of halogens is 2. The van der Waals surface area contributed by atoms with E-state index in [2.05, 4.69) is 15.3 Å². The zero-order valence-electron chi connectivity index (χ0n) is 25.8. The minimum atomic E-state index is -1.00. The molecule has 1 unspecified atom stereocenters. The van der Waals surface area contributed by atoms with Crippen molar-refractivity contribution in [3.05, 3.63) is 100 Å². The number of allylic oxidation sites excluding steroid dienone is 1. The van der Waals surface area contributed by atoms with Crippen LogP contribution >= 0.6 is 0 Å². The van der Waals surface area contributed by atoms with E-state index in [0.717, 1.165) is 17.0 Å². The van der Waals surface area contributed by atoms with Gasteiger partial charge in [-0.2, -0.15) is 0 Å². The van der Waals surface area contributed by atoms with Gasteiger partial charge in [-0.05, 0) is 55.3 Å².